The van der Waals surface area contributed by atoms with Gasteiger partial charge in [0.05, 0.1) is 26.9 Å². The van der Waals surface area contributed by atoms with Crippen LogP contribution in [0.4, 0.5) is 0 Å². The summed E-state index contributed by atoms with van der Waals surface area (Å²) in [7, 11) is 4.63. The minimum absolute atomic E-state index is 0. The van der Waals surface area contributed by atoms with Crippen molar-refractivity contribution in [3.63, 3.8) is 0 Å². The van der Waals surface area contributed by atoms with Crippen LogP contribution in [-0.4, -0.2) is 58.3 Å². The molecule has 0 spiro atoms. The van der Waals surface area contributed by atoms with E-state index in [1.54, 1.807) is 31.3 Å². The van der Waals surface area contributed by atoms with Crippen LogP contribution in [0.2, 0.25) is 0 Å². The van der Waals surface area contributed by atoms with Crippen LogP contribution in [0, 0.1) is 0 Å². The zero-order valence-electron chi connectivity index (χ0n) is 12.5. The monoisotopic (exact) mass is 316 g/mol. The Bertz CT molecular complexity index is 490. The lowest BCUT2D eigenvalue weighted by Gasteiger charge is -2.28. The van der Waals surface area contributed by atoms with Crippen LogP contribution in [0.15, 0.2) is 12.1 Å². The average Bonchev–Trinajstić information content (AvgIpc) is 2.53. The minimum atomic E-state index is -0.0516. The predicted octanol–water partition coefficient (Wildman–Crippen LogP) is 1.18. The Morgan fingerprint density at radius 2 is 1.52 bits per heavy atom. The zero-order valence-corrected chi connectivity index (χ0v) is 13.3. The second-order valence-corrected chi connectivity index (χ2v) is 4.45. The number of benzene rings is 1. The van der Waals surface area contributed by atoms with Crippen LogP contribution in [-0.2, 0) is 0 Å². The molecule has 1 N–H and O–H groups in total. The number of halogens is 1. The number of hydrogen-bond donors (Lipinski definition) is 1. The number of nitrogens with one attached hydrogen (secondary N) is 1. The molecule has 6 nitrogen and oxygen atoms in total. The van der Waals surface area contributed by atoms with Gasteiger partial charge in [0.2, 0.25) is 0 Å². The lowest BCUT2D eigenvalue weighted by Crippen LogP contribution is -2.46. The molecule has 1 aliphatic rings. The van der Waals surface area contributed by atoms with E-state index in [4.69, 9.17) is 14.2 Å². The molecule has 21 heavy (non-hydrogen) atoms. The Labute approximate surface area is 130 Å². The van der Waals surface area contributed by atoms with Gasteiger partial charge in [-0.3, -0.25) is 4.79 Å². The fraction of sp³-hybridized carbons (Fsp3) is 0.500. The van der Waals surface area contributed by atoms with Crippen molar-refractivity contribution >= 4 is 18.3 Å². The maximum Gasteiger partial charge on any atom is 0.257 e. The standard InChI is InChI=1S/C14H20N2O4.ClH/c1-18-11-9-13(20-3)12(19-2)8-10(11)14(17)16-6-4-15-5-7-16;/h8-9,15H,4-7H2,1-3H3;1H. The summed E-state index contributed by atoms with van der Waals surface area (Å²) >= 11 is 0. The third-order valence-corrected chi connectivity index (χ3v) is 3.34. The molecule has 0 aromatic heterocycles. The van der Waals surface area contributed by atoms with Crippen molar-refractivity contribution in [1.82, 2.24) is 10.2 Å². The molecule has 7 heteroatoms. The number of ether oxygens (including phenoxy) is 3. The first-order chi connectivity index (χ1) is 9.71. The van der Waals surface area contributed by atoms with Gasteiger partial charge in [-0.05, 0) is 0 Å². The second kappa shape index (κ2) is 7.95. The van der Waals surface area contributed by atoms with Gasteiger partial charge in [0.15, 0.2) is 11.5 Å². The van der Waals surface area contributed by atoms with Crippen LogP contribution in [0.5, 0.6) is 17.2 Å². The quantitative estimate of drug-likeness (QED) is 0.904. The fourth-order valence-electron chi connectivity index (χ4n) is 2.23. The number of amides is 1. The maximum absolute atomic E-state index is 12.6. The average molecular weight is 317 g/mol. The molecule has 1 aromatic rings. The molecule has 1 amide bonds. The molecular formula is C14H21ClN2O4. The van der Waals surface area contributed by atoms with Gasteiger partial charge in [-0.15, -0.1) is 12.4 Å². The highest BCUT2D eigenvalue weighted by atomic mass is 35.5. The summed E-state index contributed by atoms with van der Waals surface area (Å²) in [4.78, 5) is 14.4. The van der Waals surface area contributed by atoms with E-state index in [2.05, 4.69) is 5.32 Å². The third-order valence-electron chi connectivity index (χ3n) is 3.34. The highest BCUT2D eigenvalue weighted by Crippen LogP contribution is 2.35. The Hall–Kier alpha value is -1.66. The van der Waals surface area contributed by atoms with Crippen molar-refractivity contribution in [3.8, 4) is 17.2 Å². The molecule has 0 unspecified atom stereocenters. The molecule has 1 aliphatic heterocycles. The summed E-state index contributed by atoms with van der Waals surface area (Å²) in [6, 6.07) is 3.34. The molecule has 118 valence electrons. The number of rotatable bonds is 4. The van der Waals surface area contributed by atoms with Gasteiger partial charge < -0.3 is 24.4 Å². The van der Waals surface area contributed by atoms with Crippen molar-refractivity contribution in [3.05, 3.63) is 17.7 Å². The molecule has 0 bridgehead atoms. The second-order valence-electron chi connectivity index (χ2n) is 4.45. The number of carbonyl (C=O) groups is 1. The first kappa shape index (κ1) is 17.4. The summed E-state index contributed by atoms with van der Waals surface area (Å²) < 4.78 is 15.8. The van der Waals surface area contributed by atoms with E-state index in [0.717, 1.165) is 13.1 Å². The van der Waals surface area contributed by atoms with Crippen LogP contribution < -0.4 is 19.5 Å². The third kappa shape index (κ3) is 3.71. The molecule has 1 aromatic carbocycles. The zero-order chi connectivity index (χ0) is 14.5. The number of piperazine rings is 1. The smallest absolute Gasteiger partial charge is 0.257 e. The summed E-state index contributed by atoms with van der Waals surface area (Å²) in [6.45, 7) is 3.00. The predicted molar refractivity (Wildman–Crippen MR) is 82.1 cm³/mol. The van der Waals surface area contributed by atoms with Crippen molar-refractivity contribution < 1.29 is 19.0 Å². The molecular weight excluding hydrogens is 296 g/mol. The van der Waals surface area contributed by atoms with Gasteiger partial charge in [0.25, 0.3) is 5.91 Å². The van der Waals surface area contributed by atoms with Crippen molar-refractivity contribution in [2.24, 2.45) is 0 Å². The topological polar surface area (TPSA) is 60.0 Å². The Morgan fingerprint density at radius 1 is 1.00 bits per heavy atom. The molecule has 1 heterocycles. The first-order valence-electron chi connectivity index (χ1n) is 6.51. The molecule has 0 aliphatic carbocycles. The minimum Gasteiger partial charge on any atom is -0.496 e. The van der Waals surface area contributed by atoms with Crippen molar-refractivity contribution in [2.45, 2.75) is 0 Å². The van der Waals surface area contributed by atoms with Crippen LogP contribution in [0.1, 0.15) is 10.4 Å². The highest BCUT2D eigenvalue weighted by molar-refractivity contribution is 5.98. The van der Waals surface area contributed by atoms with Crippen LogP contribution in [0.3, 0.4) is 0 Å². The van der Waals surface area contributed by atoms with Gasteiger partial charge in [0.1, 0.15) is 5.75 Å². The van der Waals surface area contributed by atoms with E-state index in [9.17, 15) is 4.79 Å². The van der Waals surface area contributed by atoms with Gasteiger partial charge in [-0.25, -0.2) is 0 Å². The largest absolute Gasteiger partial charge is 0.496 e. The number of nitrogens with zero attached hydrogens (tertiary/aromatic N) is 1. The summed E-state index contributed by atoms with van der Waals surface area (Å²) in [5.41, 5.74) is 0.493. The van der Waals surface area contributed by atoms with Gasteiger partial charge in [-0.2, -0.15) is 0 Å². The number of methoxy groups -OCH3 is 3. The number of carbonyl (C=O) groups excluding carboxylic acids is 1. The molecule has 0 radical (unpaired) electrons. The van der Waals surface area contributed by atoms with Crippen molar-refractivity contribution in [1.29, 1.82) is 0 Å². The van der Waals surface area contributed by atoms with Gasteiger partial charge in [-0.1, -0.05) is 0 Å². The van der Waals surface area contributed by atoms with E-state index >= 15 is 0 Å². The Kier molecular flexibility index (Phi) is 6.58. The SMILES string of the molecule is COc1cc(OC)c(C(=O)N2CCNCC2)cc1OC.Cl. The van der Waals surface area contributed by atoms with Gasteiger partial charge >= 0.3 is 0 Å². The highest BCUT2D eigenvalue weighted by Gasteiger charge is 2.23. The van der Waals surface area contributed by atoms with Gasteiger partial charge in [0, 0.05) is 38.3 Å². The van der Waals surface area contributed by atoms with E-state index < -0.39 is 0 Å². The normalized spacial score (nSPS) is 14.1. The molecule has 0 atom stereocenters. The Morgan fingerprint density at radius 3 is 2.05 bits per heavy atom. The van der Waals surface area contributed by atoms with E-state index in [1.165, 1.54) is 7.11 Å². The number of hydrogen-bond acceptors (Lipinski definition) is 5. The lowest BCUT2D eigenvalue weighted by molar-refractivity contribution is 0.0732. The van der Waals surface area contributed by atoms with E-state index in [1.807, 2.05) is 0 Å². The maximum atomic E-state index is 12.6. The molecule has 2 rings (SSSR count). The van der Waals surface area contributed by atoms with Crippen molar-refractivity contribution in [2.75, 3.05) is 47.5 Å². The first-order valence-corrected chi connectivity index (χ1v) is 6.51. The summed E-state index contributed by atoms with van der Waals surface area (Å²) in [5.74, 6) is 1.50. The molecule has 1 saturated heterocycles. The Balaban J connectivity index is 0.00000220. The molecule has 0 saturated carbocycles. The molecule has 1 fully saturated rings. The summed E-state index contributed by atoms with van der Waals surface area (Å²) in [6.07, 6.45) is 0. The fourth-order valence-corrected chi connectivity index (χ4v) is 2.23. The lowest BCUT2D eigenvalue weighted by atomic mass is 10.1. The van der Waals surface area contributed by atoms with Crippen LogP contribution in [0.25, 0.3) is 0 Å². The van der Waals surface area contributed by atoms with E-state index in [-0.39, 0.29) is 18.3 Å². The van der Waals surface area contributed by atoms with E-state index in [0.29, 0.717) is 35.9 Å². The summed E-state index contributed by atoms with van der Waals surface area (Å²) in [5, 5.41) is 3.22. The van der Waals surface area contributed by atoms with Crippen LogP contribution >= 0.6 is 12.4 Å².